The first-order chi connectivity index (χ1) is 7.95. The predicted molar refractivity (Wildman–Crippen MR) is 66.7 cm³/mol. The fourth-order valence-corrected chi connectivity index (χ4v) is 3.15. The van der Waals surface area contributed by atoms with E-state index in [-0.39, 0.29) is 4.90 Å². The van der Waals surface area contributed by atoms with Gasteiger partial charge in [0.25, 0.3) is 8.53 Å². The highest BCUT2D eigenvalue weighted by atomic mass is 32.2. The Hall–Kier alpha value is -0.520. The van der Waals surface area contributed by atoms with Crippen LogP contribution in [0.1, 0.15) is 25.3 Å². The van der Waals surface area contributed by atoms with Gasteiger partial charge in [-0.3, -0.25) is 0 Å². The van der Waals surface area contributed by atoms with E-state index in [0.29, 0.717) is 0 Å². The monoisotopic (exact) mass is 277 g/mol. The molecule has 0 bridgehead atoms. The van der Waals surface area contributed by atoms with E-state index >= 15 is 0 Å². The van der Waals surface area contributed by atoms with Crippen molar-refractivity contribution in [3.8, 4) is 0 Å². The summed E-state index contributed by atoms with van der Waals surface area (Å²) in [5, 5.41) is 0. The highest BCUT2D eigenvalue weighted by molar-refractivity contribution is 7.94. The molecule has 0 heterocycles. The Morgan fingerprint density at radius 2 is 1.82 bits per heavy atom. The van der Waals surface area contributed by atoms with Gasteiger partial charge in [-0.05, 0) is 30.5 Å². The molecular weight excluding hydrogens is 261 g/mol. The van der Waals surface area contributed by atoms with Gasteiger partial charge in [-0.15, -0.1) is 4.49 Å². The van der Waals surface area contributed by atoms with Gasteiger partial charge in [-0.25, -0.2) is 8.42 Å². The summed E-state index contributed by atoms with van der Waals surface area (Å²) in [6.45, 7) is 2.09. The maximum atomic E-state index is 11.6. The van der Waals surface area contributed by atoms with Gasteiger partial charge in [0.1, 0.15) is 0 Å². The van der Waals surface area contributed by atoms with E-state index in [1.807, 2.05) is 0 Å². The number of sulfonamides is 1. The molecule has 0 saturated carbocycles. The van der Waals surface area contributed by atoms with Gasteiger partial charge in [-0.2, -0.15) is 0 Å². The number of unbranched alkanes of at least 4 members (excludes halogenated alkanes) is 1. The van der Waals surface area contributed by atoms with E-state index in [1.165, 1.54) is 12.1 Å². The van der Waals surface area contributed by atoms with Gasteiger partial charge in [0.2, 0.25) is 10.0 Å². The molecule has 5 nitrogen and oxygen atoms in total. The molecule has 0 aliphatic heterocycles. The van der Waals surface area contributed by atoms with Crippen molar-refractivity contribution < 1.29 is 18.2 Å². The molecular formula is C10H16NO4PS. The van der Waals surface area contributed by atoms with Crippen molar-refractivity contribution in [1.29, 1.82) is 0 Å². The quantitative estimate of drug-likeness (QED) is 0.688. The third-order valence-corrected chi connectivity index (χ3v) is 4.76. The molecule has 0 saturated heterocycles. The average Bonchev–Trinajstić information content (AvgIpc) is 2.25. The number of hydrogen-bond donors (Lipinski definition) is 3. The molecule has 1 rings (SSSR count). The minimum atomic E-state index is -3.82. The lowest BCUT2D eigenvalue weighted by atomic mass is 10.1. The summed E-state index contributed by atoms with van der Waals surface area (Å²) < 4.78 is 24.9. The smallest absolute Gasteiger partial charge is 0.264 e. The highest BCUT2D eigenvalue weighted by Gasteiger charge is 2.17. The highest BCUT2D eigenvalue weighted by Crippen LogP contribution is 2.22. The third-order valence-electron chi connectivity index (χ3n) is 2.25. The van der Waals surface area contributed by atoms with Crippen LogP contribution in [0.3, 0.4) is 0 Å². The molecule has 96 valence electrons. The zero-order valence-corrected chi connectivity index (χ0v) is 11.2. The van der Waals surface area contributed by atoms with Crippen molar-refractivity contribution in [2.45, 2.75) is 31.1 Å². The molecule has 17 heavy (non-hydrogen) atoms. The SMILES string of the molecule is CCCCc1ccc(S(=O)(=O)NP(O)O)cc1. The number of hydrogen-bond acceptors (Lipinski definition) is 4. The first kappa shape index (κ1) is 14.5. The first-order valence-corrected chi connectivity index (χ1v) is 7.98. The van der Waals surface area contributed by atoms with E-state index in [9.17, 15) is 8.42 Å². The van der Waals surface area contributed by atoms with E-state index in [0.717, 1.165) is 24.8 Å². The summed E-state index contributed by atoms with van der Waals surface area (Å²) in [7, 11) is -6.49. The number of nitrogens with one attached hydrogen (secondary N) is 1. The second kappa shape index (κ2) is 6.42. The van der Waals surface area contributed by atoms with Crippen LogP contribution in [-0.4, -0.2) is 18.2 Å². The lowest BCUT2D eigenvalue weighted by Gasteiger charge is -2.07. The largest absolute Gasteiger partial charge is 0.337 e. The zero-order valence-electron chi connectivity index (χ0n) is 9.50. The molecule has 0 aromatic heterocycles. The van der Waals surface area contributed by atoms with Crippen molar-refractivity contribution in [2.24, 2.45) is 0 Å². The van der Waals surface area contributed by atoms with Crippen LogP contribution in [-0.2, 0) is 16.4 Å². The maximum absolute atomic E-state index is 11.6. The molecule has 1 aromatic carbocycles. The maximum Gasteiger partial charge on any atom is 0.264 e. The predicted octanol–water partition coefficient (Wildman–Crippen LogP) is 1.52. The van der Waals surface area contributed by atoms with Crippen LogP contribution in [0.15, 0.2) is 29.2 Å². The molecule has 0 unspecified atom stereocenters. The van der Waals surface area contributed by atoms with Crippen LogP contribution in [0, 0.1) is 0 Å². The lowest BCUT2D eigenvalue weighted by Crippen LogP contribution is -2.18. The van der Waals surface area contributed by atoms with Gasteiger partial charge in [0, 0.05) is 0 Å². The van der Waals surface area contributed by atoms with Crippen LogP contribution in [0.4, 0.5) is 0 Å². The second-order valence-electron chi connectivity index (χ2n) is 3.63. The van der Waals surface area contributed by atoms with Crippen LogP contribution >= 0.6 is 8.53 Å². The van der Waals surface area contributed by atoms with Gasteiger partial charge in [0.05, 0.1) is 4.90 Å². The number of rotatable bonds is 6. The van der Waals surface area contributed by atoms with Gasteiger partial charge in [0.15, 0.2) is 0 Å². The summed E-state index contributed by atoms with van der Waals surface area (Å²) in [6, 6.07) is 6.40. The van der Waals surface area contributed by atoms with Gasteiger partial charge < -0.3 is 9.79 Å². The van der Waals surface area contributed by atoms with E-state index in [1.54, 1.807) is 16.6 Å². The zero-order chi connectivity index (χ0) is 12.9. The van der Waals surface area contributed by atoms with Crippen molar-refractivity contribution in [3.63, 3.8) is 0 Å². The summed E-state index contributed by atoms with van der Waals surface area (Å²) in [5.41, 5.74) is 1.07. The second-order valence-corrected chi connectivity index (χ2v) is 6.42. The van der Waals surface area contributed by atoms with Crippen molar-refractivity contribution in [2.75, 3.05) is 0 Å². The van der Waals surface area contributed by atoms with Crippen molar-refractivity contribution in [1.82, 2.24) is 4.49 Å². The van der Waals surface area contributed by atoms with Gasteiger partial charge >= 0.3 is 0 Å². The standard InChI is InChI=1S/C10H16NO4PS/c1-2-3-4-9-5-7-10(8-6-9)17(14,15)11-16(12)13/h5-8,11-13H,2-4H2,1H3. The molecule has 0 aliphatic rings. The molecule has 0 fully saturated rings. The normalized spacial score (nSPS) is 12.0. The molecule has 3 N–H and O–H groups in total. The van der Waals surface area contributed by atoms with Crippen molar-refractivity contribution in [3.05, 3.63) is 29.8 Å². The summed E-state index contributed by atoms with van der Waals surface area (Å²) in [6.07, 6.45) is 3.06. The molecule has 0 amide bonds. The lowest BCUT2D eigenvalue weighted by molar-refractivity contribution is 0.476. The molecule has 7 heteroatoms. The van der Waals surface area contributed by atoms with E-state index in [4.69, 9.17) is 9.79 Å². The van der Waals surface area contributed by atoms with E-state index < -0.39 is 18.5 Å². The summed E-state index contributed by atoms with van der Waals surface area (Å²) in [4.78, 5) is 17.3. The van der Waals surface area contributed by atoms with Crippen LogP contribution < -0.4 is 4.49 Å². The topological polar surface area (TPSA) is 86.6 Å². The Kier molecular flexibility index (Phi) is 5.49. The fraction of sp³-hybridized carbons (Fsp3) is 0.400. The van der Waals surface area contributed by atoms with Crippen molar-refractivity contribution >= 4 is 18.5 Å². The number of benzene rings is 1. The summed E-state index contributed by atoms with van der Waals surface area (Å²) >= 11 is 0. The average molecular weight is 277 g/mol. The molecule has 0 aliphatic carbocycles. The van der Waals surface area contributed by atoms with E-state index in [2.05, 4.69) is 6.92 Å². The molecule has 0 atom stereocenters. The van der Waals surface area contributed by atoms with Crippen LogP contribution in [0.5, 0.6) is 0 Å². The van der Waals surface area contributed by atoms with Gasteiger partial charge in [-0.1, -0.05) is 25.5 Å². The molecule has 0 radical (unpaired) electrons. The Bertz CT molecular complexity index is 444. The Labute approximate surface area is 103 Å². The molecule has 1 aromatic rings. The molecule has 0 spiro atoms. The summed E-state index contributed by atoms with van der Waals surface area (Å²) in [5.74, 6) is 0. The Morgan fingerprint density at radius 1 is 1.24 bits per heavy atom. The Morgan fingerprint density at radius 3 is 2.29 bits per heavy atom. The number of aryl methyl sites for hydroxylation is 1. The minimum absolute atomic E-state index is 0.0355. The fourth-order valence-electron chi connectivity index (χ4n) is 1.38. The van der Waals surface area contributed by atoms with Crippen LogP contribution in [0.25, 0.3) is 0 Å². The Balaban J connectivity index is 2.80. The third kappa shape index (κ3) is 4.69. The first-order valence-electron chi connectivity index (χ1n) is 5.25. The minimum Gasteiger partial charge on any atom is -0.337 e. The van der Waals surface area contributed by atoms with Crippen LogP contribution in [0.2, 0.25) is 0 Å².